The van der Waals surface area contributed by atoms with Gasteiger partial charge < -0.3 is 10.1 Å². The Hall–Kier alpha value is -1.36. The fourth-order valence-electron chi connectivity index (χ4n) is 1.38. The van der Waals surface area contributed by atoms with Crippen molar-refractivity contribution in [1.82, 2.24) is 10.2 Å². The molecule has 1 heterocycles. The molecule has 0 radical (unpaired) electrons. The zero-order valence-electron chi connectivity index (χ0n) is 10.5. The molecule has 2 N–H and O–H groups in total. The van der Waals surface area contributed by atoms with Crippen LogP contribution in [0, 0.1) is 13.8 Å². The molecule has 1 rings (SSSR count). The lowest BCUT2D eigenvalue weighted by molar-refractivity contribution is -0.136. The van der Waals surface area contributed by atoms with Crippen molar-refractivity contribution < 1.29 is 9.53 Å². The minimum Gasteiger partial charge on any atom is -0.369 e. The number of carbonyl (C=O) groups is 1. The number of methoxy groups -OCH3 is 1. The third kappa shape index (κ3) is 2.24. The van der Waals surface area contributed by atoms with Crippen LogP contribution < -0.4 is 5.32 Å². The zero-order chi connectivity index (χ0) is 12.3. The zero-order valence-corrected chi connectivity index (χ0v) is 10.5. The van der Waals surface area contributed by atoms with Crippen molar-refractivity contribution in [2.24, 2.45) is 0 Å². The van der Waals surface area contributed by atoms with Gasteiger partial charge in [0, 0.05) is 7.11 Å². The number of hydrogen-bond acceptors (Lipinski definition) is 3. The highest BCUT2D eigenvalue weighted by atomic mass is 16.5. The van der Waals surface area contributed by atoms with Crippen LogP contribution in [0.3, 0.4) is 0 Å². The fraction of sp³-hybridized carbons (Fsp3) is 0.636. The topological polar surface area (TPSA) is 67.0 Å². The van der Waals surface area contributed by atoms with E-state index in [0.717, 1.165) is 17.1 Å². The number of carbonyl (C=O) groups excluding carboxylic acids is 1. The molecule has 0 aliphatic carbocycles. The first-order valence-corrected chi connectivity index (χ1v) is 5.32. The summed E-state index contributed by atoms with van der Waals surface area (Å²) in [7, 11) is 1.54. The number of aromatic amines is 1. The molecule has 1 aromatic rings. The summed E-state index contributed by atoms with van der Waals surface area (Å²) < 4.78 is 5.23. The Morgan fingerprint density at radius 3 is 2.56 bits per heavy atom. The molecule has 5 heteroatoms. The lowest BCUT2D eigenvalue weighted by atomic mass is 10.0. The van der Waals surface area contributed by atoms with E-state index in [1.165, 1.54) is 7.11 Å². The summed E-state index contributed by atoms with van der Waals surface area (Å²) in [6, 6.07) is 0. The predicted octanol–water partition coefficient (Wildman–Crippen LogP) is 1.78. The van der Waals surface area contributed by atoms with Gasteiger partial charge in [0.2, 0.25) is 0 Å². The van der Waals surface area contributed by atoms with Gasteiger partial charge in [-0.3, -0.25) is 9.89 Å². The Balaban J connectivity index is 2.86. The van der Waals surface area contributed by atoms with Gasteiger partial charge in [-0.1, -0.05) is 6.92 Å². The Morgan fingerprint density at radius 2 is 2.19 bits per heavy atom. The van der Waals surface area contributed by atoms with E-state index < -0.39 is 5.60 Å². The summed E-state index contributed by atoms with van der Waals surface area (Å²) in [6.45, 7) is 7.39. The van der Waals surface area contributed by atoms with Gasteiger partial charge in [-0.25, -0.2) is 0 Å². The molecule has 0 aliphatic heterocycles. The quantitative estimate of drug-likeness (QED) is 0.820. The first-order valence-electron chi connectivity index (χ1n) is 5.32. The largest absolute Gasteiger partial charge is 0.369 e. The third-order valence-electron chi connectivity index (χ3n) is 2.97. The maximum Gasteiger partial charge on any atom is 0.256 e. The average molecular weight is 225 g/mol. The molecule has 1 unspecified atom stereocenters. The summed E-state index contributed by atoms with van der Waals surface area (Å²) in [5, 5.41) is 9.69. The van der Waals surface area contributed by atoms with Gasteiger partial charge in [0.25, 0.3) is 5.91 Å². The molecular formula is C11H19N3O2. The minimum absolute atomic E-state index is 0.148. The molecular weight excluding hydrogens is 206 g/mol. The highest BCUT2D eigenvalue weighted by Gasteiger charge is 2.31. The molecule has 0 aliphatic rings. The molecule has 90 valence electrons. The van der Waals surface area contributed by atoms with Gasteiger partial charge in [-0.15, -0.1) is 0 Å². The standard InChI is InChI=1S/C11H19N3O2/c1-6-11(4,16-5)10(15)12-9-7(2)13-14-8(9)3/h6H2,1-5H3,(H,12,15)(H,13,14). The molecule has 1 atom stereocenters. The number of nitrogens with one attached hydrogen (secondary N) is 2. The Labute approximate surface area is 95.6 Å². The molecule has 0 saturated carbocycles. The number of aromatic nitrogens is 2. The molecule has 1 amide bonds. The molecule has 0 aromatic carbocycles. The number of amides is 1. The predicted molar refractivity (Wildman–Crippen MR) is 62.4 cm³/mol. The van der Waals surface area contributed by atoms with Crippen LogP contribution in [0.15, 0.2) is 0 Å². The van der Waals surface area contributed by atoms with Crippen LogP contribution >= 0.6 is 0 Å². The van der Waals surface area contributed by atoms with Crippen LogP contribution in [-0.4, -0.2) is 28.8 Å². The normalized spacial score (nSPS) is 14.6. The smallest absolute Gasteiger partial charge is 0.256 e. The van der Waals surface area contributed by atoms with Crippen LogP contribution in [-0.2, 0) is 9.53 Å². The Kier molecular flexibility index (Phi) is 3.70. The van der Waals surface area contributed by atoms with E-state index >= 15 is 0 Å². The van der Waals surface area contributed by atoms with Crippen molar-refractivity contribution >= 4 is 11.6 Å². The van der Waals surface area contributed by atoms with E-state index in [0.29, 0.717) is 6.42 Å². The highest BCUT2D eigenvalue weighted by molar-refractivity contribution is 5.97. The monoisotopic (exact) mass is 225 g/mol. The fourth-order valence-corrected chi connectivity index (χ4v) is 1.38. The number of hydrogen-bond donors (Lipinski definition) is 2. The first kappa shape index (κ1) is 12.7. The Bertz CT molecular complexity index is 361. The summed E-state index contributed by atoms with van der Waals surface area (Å²) >= 11 is 0. The number of nitrogens with zero attached hydrogens (tertiary/aromatic N) is 1. The molecule has 0 fully saturated rings. The minimum atomic E-state index is -0.795. The van der Waals surface area contributed by atoms with E-state index in [4.69, 9.17) is 4.74 Å². The summed E-state index contributed by atoms with van der Waals surface area (Å²) in [5.74, 6) is -0.148. The maximum atomic E-state index is 12.0. The second kappa shape index (κ2) is 4.65. The van der Waals surface area contributed by atoms with Crippen molar-refractivity contribution in [1.29, 1.82) is 0 Å². The van der Waals surface area contributed by atoms with Crippen LogP contribution in [0.1, 0.15) is 31.7 Å². The van der Waals surface area contributed by atoms with Crippen molar-refractivity contribution in [3.63, 3.8) is 0 Å². The summed E-state index contributed by atoms with van der Waals surface area (Å²) in [6.07, 6.45) is 0.616. The highest BCUT2D eigenvalue weighted by Crippen LogP contribution is 2.21. The lowest BCUT2D eigenvalue weighted by Crippen LogP contribution is -2.41. The SMILES string of the molecule is CCC(C)(OC)C(=O)Nc1c(C)n[nH]c1C. The second-order valence-electron chi connectivity index (χ2n) is 4.05. The van der Waals surface area contributed by atoms with Crippen molar-refractivity contribution in [2.75, 3.05) is 12.4 Å². The molecule has 0 bridgehead atoms. The van der Waals surface area contributed by atoms with Crippen LogP contribution in [0.5, 0.6) is 0 Å². The number of aryl methyl sites for hydroxylation is 2. The second-order valence-corrected chi connectivity index (χ2v) is 4.05. The molecule has 1 aromatic heterocycles. The van der Waals surface area contributed by atoms with Crippen LogP contribution in [0.2, 0.25) is 0 Å². The van der Waals surface area contributed by atoms with Gasteiger partial charge >= 0.3 is 0 Å². The molecule has 0 spiro atoms. The number of anilines is 1. The Morgan fingerprint density at radius 1 is 1.56 bits per heavy atom. The van der Waals surface area contributed by atoms with Crippen molar-refractivity contribution in [3.8, 4) is 0 Å². The van der Waals surface area contributed by atoms with Gasteiger partial charge in [0.05, 0.1) is 17.1 Å². The van der Waals surface area contributed by atoms with Crippen LogP contribution in [0.25, 0.3) is 0 Å². The molecule has 0 saturated heterocycles. The van der Waals surface area contributed by atoms with Gasteiger partial charge in [-0.2, -0.15) is 5.10 Å². The maximum absolute atomic E-state index is 12.0. The lowest BCUT2D eigenvalue weighted by Gasteiger charge is -2.25. The van der Waals surface area contributed by atoms with Gasteiger partial charge in [0.15, 0.2) is 0 Å². The molecule has 16 heavy (non-hydrogen) atoms. The molecule has 5 nitrogen and oxygen atoms in total. The van der Waals surface area contributed by atoms with E-state index in [9.17, 15) is 4.79 Å². The average Bonchev–Trinajstić information content (AvgIpc) is 2.59. The number of ether oxygens (including phenoxy) is 1. The number of rotatable bonds is 4. The van der Waals surface area contributed by atoms with Crippen molar-refractivity contribution in [2.45, 2.75) is 39.7 Å². The third-order valence-corrected chi connectivity index (χ3v) is 2.97. The first-order chi connectivity index (χ1) is 7.44. The van der Waals surface area contributed by atoms with E-state index in [1.807, 2.05) is 20.8 Å². The van der Waals surface area contributed by atoms with E-state index in [1.54, 1.807) is 6.92 Å². The van der Waals surface area contributed by atoms with Crippen molar-refractivity contribution in [3.05, 3.63) is 11.4 Å². The summed E-state index contributed by atoms with van der Waals surface area (Å²) in [4.78, 5) is 12.0. The number of H-pyrrole nitrogens is 1. The van der Waals surface area contributed by atoms with Crippen LogP contribution in [0.4, 0.5) is 5.69 Å². The summed E-state index contributed by atoms with van der Waals surface area (Å²) in [5.41, 5.74) is 1.57. The van der Waals surface area contributed by atoms with E-state index in [2.05, 4.69) is 15.5 Å². The van der Waals surface area contributed by atoms with Gasteiger partial charge in [0.1, 0.15) is 5.60 Å². The van der Waals surface area contributed by atoms with E-state index in [-0.39, 0.29) is 5.91 Å². The van der Waals surface area contributed by atoms with Gasteiger partial charge in [-0.05, 0) is 27.2 Å².